The molecule has 3 rings (SSSR count). The summed E-state index contributed by atoms with van der Waals surface area (Å²) >= 11 is 1.39. The Morgan fingerprint density at radius 3 is 2.23 bits per heavy atom. The Hall–Kier alpha value is -2.46. The number of hydrogen-bond donors (Lipinski definition) is 1. The van der Waals surface area contributed by atoms with Gasteiger partial charge in [0.15, 0.2) is 0 Å². The van der Waals surface area contributed by atoms with Crippen LogP contribution in [0.3, 0.4) is 0 Å². The topological polar surface area (TPSA) is 72.0 Å². The molecule has 136 valence electrons. The van der Waals surface area contributed by atoms with Crippen LogP contribution in [0.4, 0.5) is 18.9 Å². The van der Waals surface area contributed by atoms with Crippen LogP contribution in [0.15, 0.2) is 59.5 Å². The Kier molecular flexibility index (Phi) is 4.97. The summed E-state index contributed by atoms with van der Waals surface area (Å²) in [5.41, 5.74) is -3.90. The van der Waals surface area contributed by atoms with Crippen molar-refractivity contribution in [3.05, 3.63) is 59.6 Å². The van der Waals surface area contributed by atoms with Gasteiger partial charge in [-0.1, -0.05) is 41.7 Å². The van der Waals surface area contributed by atoms with Gasteiger partial charge >= 0.3 is 5.51 Å². The maximum Gasteiger partial charge on any atom is 0.501 e. The Bertz CT molecular complexity index is 986. The van der Waals surface area contributed by atoms with E-state index in [0.717, 1.165) is 22.7 Å². The molecule has 2 aromatic carbocycles. The lowest BCUT2D eigenvalue weighted by Gasteiger charge is -2.09. The number of halogens is 3. The molecule has 0 saturated heterocycles. The zero-order chi connectivity index (χ0) is 18.8. The number of anilines is 1. The first-order valence-electron chi connectivity index (χ1n) is 7.30. The van der Waals surface area contributed by atoms with Crippen molar-refractivity contribution < 1.29 is 21.6 Å². The minimum atomic E-state index is -5.34. The standard InChI is InChI=1S/C16H12F3N3O2S2/c17-16(18,19)26(23,24)13-8-6-12(7-9-13)20-10-14-21-22-15(25-14)11-4-2-1-3-5-11/h1-9,20H,10H2. The first-order chi connectivity index (χ1) is 12.3. The Labute approximate surface area is 151 Å². The van der Waals surface area contributed by atoms with Crippen LogP contribution in [-0.4, -0.2) is 24.1 Å². The molecule has 0 atom stereocenters. The molecule has 3 aromatic rings. The molecular formula is C16H12F3N3O2S2. The molecule has 10 heteroatoms. The van der Waals surface area contributed by atoms with E-state index >= 15 is 0 Å². The Balaban J connectivity index is 1.67. The fourth-order valence-electron chi connectivity index (χ4n) is 2.09. The van der Waals surface area contributed by atoms with Crippen LogP contribution in [-0.2, 0) is 16.4 Å². The van der Waals surface area contributed by atoms with Crippen molar-refractivity contribution in [3.8, 4) is 10.6 Å². The predicted octanol–water partition coefficient (Wildman–Crippen LogP) is 4.11. The van der Waals surface area contributed by atoms with Gasteiger partial charge in [-0.3, -0.25) is 0 Å². The van der Waals surface area contributed by atoms with Crippen LogP contribution >= 0.6 is 11.3 Å². The monoisotopic (exact) mass is 399 g/mol. The number of benzene rings is 2. The van der Waals surface area contributed by atoms with Crippen LogP contribution in [0.2, 0.25) is 0 Å². The predicted molar refractivity (Wildman–Crippen MR) is 92.4 cm³/mol. The smallest absolute Gasteiger partial charge is 0.378 e. The lowest BCUT2D eigenvalue weighted by Crippen LogP contribution is -2.23. The third kappa shape index (κ3) is 3.86. The van der Waals surface area contributed by atoms with Gasteiger partial charge in [-0.15, -0.1) is 10.2 Å². The second-order valence-electron chi connectivity index (χ2n) is 5.19. The number of nitrogens with one attached hydrogen (secondary N) is 1. The molecule has 0 radical (unpaired) electrons. The van der Waals surface area contributed by atoms with E-state index < -0.39 is 20.2 Å². The number of sulfone groups is 1. The van der Waals surface area contributed by atoms with Crippen molar-refractivity contribution >= 4 is 26.9 Å². The summed E-state index contributed by atoms with van der Waals surface area (Å²) in [6, 6.07) is 13.9. The molecule has 5 nitrogen and oxygen atoms in total. The number of alkyl halides is 3. The molecule has 1 N–H and O–H groups in total. The van der Waals surface area contributed by atoms with Gasteiger partial charge in [0, 0.05) is 11.3 Å². The van der Waals surface area contributed by atoms with E-state index in [1.807, 2.05) is 30.3 Å². The quantitative estimate of drug-likeness (QED) is 0.699. The fraction of sp³-hybridized carbons (Fsp3) is 0.125. The molecule has 0 fully saturated rings. The Morgan fingerprint density at radius 2 is 1.62 bits per heavy atom. The van der Waals surface area contributed by atoms with E-state index in [1.165, 1.54) is 23.5 Å². The van der Waals surface area contributed by atoms with Crippen LogP contribution in [0.1, 0.15) is 5.01 Å². The molecule has 0 spiro atoms. The van der Waals surface area contributed by atoms with Gasteiger partial charge in [0.1, 0.15) is 10.0 Å². The highest BCUT2D eigenvalue weighted by molar-refractivity contribution is 7.92. The van der Waals surface area contributed by atoms with Crippen molar-refractivity contribution in [1.82, 2.24) is 10.2 Å². The van der Waals surface area contributed by atoms with Gasteiger partial charge in [0.2, 0.25) is 0 Å². The summed E-state index contributed by atoms with van der Waals surface area (Å²) in [7, 11) is -5.34. The molecular weight excluding hydrogens is 387 g/mol. The molecule has 26 heavy (non-hydrogen) atoms. The largest absolute Gasteiger partial charge is 0.501 e. The van der Waals surface area contributed by atoms with E-state index in [-0.39, 0.29) is 0 Å². The fourth-order valence-corrected chi connectivity index (χ4v) is 3.63. The third-order valence-corrected chi connectivity index (χ3v) is 5.88. The van der Waals surface area contributed by atoms with E-state index in [1.54, 1.807) is 0 Å². The molecule has 0 aliphatic heterocycles. The van der Waals surface area contributed by atoms with Crippen molar-refractivity contribution in [2.24, 2.45) is 0 Å². The average molecular weight is 399 g/mol. The highest BCUT2D eigenvalue weighted by Gasteiger charge is 2.46. The zero-order valence-electron chi connectivity index (χ0n) is 13.1. The molecule has 1 heterocycles. The van der Waals surface area contributed by atoms with Gasteiger partial charge in [0.05, 0.1) is 11.4 Å². The molecule has 0 aliphatic rings. The number of hydrogen-bond acceptors (Lipinski definition) is 6. The van der Waals surface area contributed by atoms with E-state index in [9.17, 15) is 21.6 Å². The van der Waals surface area contributed by atoms with Crippen molar-refractivity contribution in [1.29, 1.82) is 0 Å². The van der Waals surface area contributed by atoms with Crippen LogP contribution in [0.5, 0.6) is 0 Å². The van der Waals surface area contributed by atoms with Gasteiger partial charge in [-0.25, -0.2) is 8.42 Å². The third-order valence-electron chi connectivity index (χ3n) is 3.40. The van der Waals surface area contributed by atoms with Gasteiger partial charge < -0.3 is 5.32 Å². The van der Waals surface area contributed by atoms with Crippen molar-refractivity contribution in [2.45, 2.75) is 16.9 Å². The van der Waals surface area contributed by atoms with Crippen molar-refractivity contribution in [2.75, 3.05) is 5.32 Å². The minimum absolute atomic E-state index is 0.315. The van der Waals surface area contributed by atoms with E-state index in [4.69, 9.17) is 0 Å². The van der Waals surface area contributed by atoms with Crippen molar-refractivity contribution in [3.63, 3.8) is 0 Å². The van der Waals surface area contributed by atoms with Gasteiger partial charge in [-0.2, -0.15) is 13.2 Å². The van der Waals surface area contributed by atoms with Crippen LogP contribution in [0.25, 0.3) is 10.6 Å². The number of nitrogens with zero attached hydrogens (tertiary/aromatic N) is 2. The summed E-state index contributed by atoms with van der Waals surface area (Å²) in [5, 5.41) is 12.6. The summed E-state index contributed by atoms with van der Waals surface area (Å²) < 4.78 is 60.2. The first kappa shape index (κ1) is 18.3. The van der Waals surface area contributed by atoms with Gasteiger partial charge in [0.25, 0.3) is 9.84 Å². The molecule has 0 saturated carbocycles. The molecule has 0 amide bonds. The highest BCUT2D eigenvalue weighted by Crippen LogP contribution is 2.31. The summed E-state index contributed by atoms with van der Waals surface area (Å²) in [6.07, 6.45) is 0. The molecule has 1 aromatic heterocycles. The Morgan fingerprint density at radius 1 is 0.962 bits per heavy atom. The number of aromatic nitrogens is 2. The van der Waals surface area contributed by atoms with Crippen LogP contribution < -0.4 is 5.32 Å². The normalized spacial score (nSPS) is 12.1. The SMILES string of the molecule is O=S(=O)(c1ccc(NCc2nnc(-c3ccccc3)s2)cc1)C(F)(F)F. The number of rotatable bonds is 5. The van der Waals surface area contributed by atoms with E-state index in [2.05, 4.69) is 15.5 Å². The summed E-state index contributed by atoms with van der Waals surface area (Å²) in [6.45, 7) is 0.315. The van der Waals surface area contributed by atoms with E-state index in [0.29, 0.717) is 17.2 Å². The maximum absolute atomic E-state index is 12.5. The lowest BCUT2D eigenvalue weighted by molar-refractivity contribution is -0.0436. The highest BCUT2D eigenvalue weighted by atomic mass is 32.2. The second-order valence-corrected chi connectivity index (χ2v) is 8.20. The molecule has 0 unspecified atom stereocenters. The molecule has 0 aliphatic carbocycles. The second kappa shape index (κ2) is 7.04. The molecule has 0 bridgehead atoms. The van der Waals surface area contributed by atoms with Crippen LogP contribution in [0, 0.1) is 0 Å². The average Bonchev–Trinajstić information content (AvgIpc) is 3.09. The summed E-state index contributed by atoms with van der Waals surface area (Å²) in [5.74, 6) is 0. The maximum atomic E-state index is 12.5. The van der Waals surface area contributed by atoms with Gasteiger partial charge in [-0.05, 0) is 24.3 Å². The first-order valence-corrected chi connectivity index (χ1v) is 9.60. The minimum Gasteiger partial charge on any atom is -0.378 e. The lowest BCUT2D eigenvalue weighted by atomic mass is 10.2. The zero-order valence-corrected chi connectivity index (χ0v) is 14.7. The summed E-state index contributed by atoms with van der Waals surface area (Å²) in [4.78, 5) is -0.794.